The van der Waals surface area contributed by atoms with Gasteiger partial charge in [-0.15, -0.1) is 0 Å². The average Bonchev–Trinajstić information content (AvgIpc) is 2.63. The smallest absolute Gasteiger partial charge is 0.238 e. The van der Waals surface area contributed by atoms with Gasteiger partial charge in [0.1, 0.15) is 5.82 Å². The first-order chi connectivity index (χ1) is 13.5. The monoisotopic (exact) mass is 439 g/mol. The normalized spacial score (nSPS) is 12.1. The Balaban J connectivity index is 2.29. The van der Waals surface area contributed by atoms with Gasteiger partial charge in [-0.2, -0.15) is 13.2 Å². The summed E-state index contributed by atoms with van der Waals surface area (Å²) in [6.07, 6.45) is -3.36. The van der Waals surface area contributed by atoms with Crippen LogP contribution in [0.4, 0.5) is 24.7 Å². The van der Waals surface area contributed by atoms with Crippen LogP contribution in [0.5, 0.6) is 0 Å². The van der Waals surface area contributed by atoms with Crippen LogP contribution in [0.15, 0.2) is 65.7 Å². The minimum absolute atomic E-state index is 0.118. The standard InChI is InChI=1S/C20H15ClF3N2O2S/c1-13-3-6-16(7-4-13)29(27,28)26(19-11-14(2)9-10-25-19)18-12-15(20(22,23)24)5-8-17(18)21/h3-12H,2H2,1H3. The highest BCUT2D eigenvalue weighted by Crippen LogP contribution is 2.40. The first-order valence-electron chi connectivity index (χ1n) is 8.27. The van der Waals surface area contributed by atoms with Crippen molar-refractivity contribution >= 4 is 33.1 Å². The lowest BCUT2D eigenvalue weighted by molar-refractivity contribution is -0.137. The Morgan fingerprint density at radius 1 is 1.03 bits per heavy atom. The van der Waals surface area contributed by atoms with E-state index >= 15 is 0 Å². The fraction of sp³-hybridized carbons (Fsp3) is 0.100. The first kappa shape index (κ1) is 21.1. The molecule has 151 valence electrons. The van der Waals surface area contributed by atoms with Gasteiger partial charge in [0.25, 0.3) is 10.0 Å². The van der Waals surface area contributed by atoms with Crippen LogP contribution >= 0.6 is 11.6 Å². The topological polar surface area (TPSA) is 50.3 Å². The number of sulfonamides is 1. The lowest BCUT2D eigenvalue weighted by Crippen LogP contribution is -2.28. The Kier molecular flexibility index (Phi) is 5.60. The second-order valence-corrected chi connectivity index (χ2v) is 8.46. The summed E-state index contributed by atoms with van der Waals surface area (Å²) in [6.45, 7) is 5.51. The number of aromatic nitrogens is 1. The van der Waals surface area contributed by atoms with E-state index in [1.165, 1.54) is 30.5 Å². The number of alkyl halides is 3. The van der Waals surface area contributed by atoms with Crippen molar-refractivity contribution in [3.8, 4) is 0 Å². The number of hydrogen-bond acceptors (Lipinski definition) is 3. The average molecular weight is 440 g/mol. The fourth-order valence-electron chi connectivity index (χ4n) is 2.61. The highest BCUT2D eigenvalue weighted by Gasteiger charge is 2.35. The molecule has 3 rings (SSSR count). The van der Waals surface area contributed by atoms with Crippen LogP contribution in [0.25, 0.3) is 0 Å². The lowest BCUT2D eigenvalue weighted by Gasteiger charge is -2.25. The predicted octanol–water partition coefficient (Wildman–Crippen LogP) is 5.77. The third-order valence-electron chi connectivity index (χ3n) is 4.07. The van der Waals surface area contributed by atoms with Gasteiger partial charge in [0.05, 0.1) is 21.2 Å². The molecular weight excluding hydrogens is 425 g/mol. The number of anilines is 2. The molecule has 2 aromatic carbocycles. The van der Waals surface area contributed by atoms with Crippen LogP contribution in [0.2, 0.25) is 5.02 Å². The van der Waals surface area contributed by atoms with E-state index in [9.17, 15) is 21.6 Å². The largest absolute Gasteiger partial charge is 0.416 e. The molecule has 0 atom stereocenters. The maximum absolute atomic E-state index is 13.4. The Labute approximate surface area is 171 Å². The number of nitrogens with zero attached hydrogens (tertiary/aromatic N) is 2. The van der Waals surface area contributed by atoms with Gasteiger partial charge in [-0.1, -0.05) is 29.3 Å². The van der Waals surface area contributed by atoms with Crippen molar-refractivity contribution in [2.75, 3.05) is 4.31 Å². The van der Waals surface area contributed by atoms with E-state index in [-0.39, 0.29) is 21.4 Å². The first-order valence-corrected chi connectivity index (χ1v) is 10.1. The van der Waals surface area contributed by atoms with E-state index in [2.05, 4.69) is 11.9 Å². The van der Waals surface area contributed by atoms with Crippen molar-refractivity contribution in [2.45, 2.75) is 18.0 Å². The summed E-state index contributed by atoms with van der Waals surface area (Å²) in [5, 5.41) is -0.176. The van der Waals surface area contributed by atoms with Gasteiger partial charge in [-0.3, -0.25) is 0 Å². The molecule has 0 spiro atoms. The molecule has 0 unspecified atom stereocenters. The second kappa shape index (κ2) is 7.68. The highest BCUT2D eigenvalue weighted by molar-refractivity contribution is 7.93. The van der Waals surface area contributed by atoms with Crippen LogP contribution in [0.3, 0.4) is 0 Å². The molecule has 9 heteroatoms. The van der Waals surface area contributed by atoms with Crippen LogP contribution in [-0.2, 0) is 16.2 Å². The van der Waals surface area contributed by atoms with Gasteiger partial charge in [0.15, 0.2) is 0 Å². The molecule has 1 heterocycles. The maximum Gasteiger partial charge on any atom is 0.416 e. The van der Waals surface area contributed by atoms with Crippen molar-refractivity contribution in [1.82, 2.24) is 4.98 Å². The van der Waals surface area contributed by atoms with Crippen molar-refractivity contribution in [1.29, 1.82) is 0 Å². The predicted molar refractivity (Wildman–Crippen MR) is 106 cm³/mol. The highest BCUT2D eigenvalue weighted by atomic mass is 35.5. The molecule has 0 aliphatic heterocycles. The lowest BCUT2D eigenvalue weighted by atomic mass is 10.2. The van der Waals surface area contributed by atoms with Gasteiger partial charge in [-0.25, -0.2) is 17.7 Å². The molecule has 0 bridgehead atoms. The SMILES string of the molecule is [CH2]c1ccnc(N(c2cc(C(F)(F)F)ccc2Cl)S(=O)(=O)c2ccc(C)cc2)c1. The molecule has 0 saturated carbocycles. The number of benzene rings is 2. The van der Waals surface area contributed by atoms with Crippen LogP contribution in [0, 0.1) is 13.8 Å². The van der Waals surface area contributed by atoms with Crippen LogP contribution in [0.1, 0.15) is 16.7 Å². The second-order valence-electron chi connectivity index (χ2n) is 6.27. The number of aryl methyl sites for hydroxylation is 1. The zero-order valence-electron chi connectivity index (χ0n) is 15.1. The molecule has 0 saturated heterocycles. The van der Waals surface area contributed by atoms with Gasteiger partial charge >= 0.3 is 6.18 Å². The van der Waals surface area contributed by atoms with E-state index in [4.69, 9.17) is 11.6 Å². The van der Waals surface area contributed by atoms with Crippen molar-refractivity contribution in [2.24, 2.45) is 0 Å². The molecule has 29 heavy (non-hydrogen) atoms. The minimum atomic E-state index is -4.68. The number of hydrogen-bond donors (Lipinski definition) is 0. The molecule has 4 nitrogen and oxygen atoms in total. The summed E-state index contributed by atoms with van der Waals surface area (Å²) in [5.41, 5.74) is -0.139. The molecule has 0 N–H and O–H groups in total. The van der Waals surface area contributed by atoms with Crippen molar-refractivity contribution in [3.05, 3.63) is 89.4 Å². The van der Waals surface area contributed by atoms with Crippen molar-refractivity contribution in [3.63, 3.8) is 0 Å². The zero-order valence-corrected chi connectivity index (χ0v) is 16.7. The summed E-state index contributed by atoms with van der Waals surface area (Å²) in [5.74, 6) is -0.126. The van der Waals surface area contributed by atoms with E-state index < -0.39 is 21.8 Å². The molecule has 1 aromatic heterocycles. The summed E-state index contributed by atoms with van der Waals surface area (Å²) in [7, 11) is -4.33. The fourth-order valence-corrected chi connectivity index (χ4v) is 4.31. The third kappa shape index (κ3) is 4.38. The Bertz CT molecular complexity index is 1150. The third-order valence-corrected chi connectivity index (χ3v) is 6.12. The Morgan fingerprint density at radius 3 is 2.28 bits per heavy atom. The molecule has 1 radical (unpaired) electrons. The van der Waals surface area contributed by atoms with E-state index in [1.807, 2.05) is 0 Å². The molecule has 0 aliphatic rings. The quantitative estimate of drug-likeness (QED) is 0.518. The number of rotatable bonds is 4. The summed E-state index contributed by atoms with van der Waals surface area (Å²) in [6, 6.07) is 11.3. The molecule has 0 amide bonds. The maximum atomic E-state index is 13.4. The Hall–Kier alpha value is -2.58. The minimum Gasteiger partial charge on any atom is -0.238 e. The molecule has 0 aliphatic carbocycles. The van der Waals surface area contributed by atoms with E-state index in [1.54, 1.807) is 19.1 Å². The van der Waals surface area contributed by atoms with E-state index in [0.717, 1.165) is 17.7 Å². The molecule has 0 fully saturated rings. The summed E-state index contributed by atoms with van der Waals surface area (Å²) < 4.78 is 67.3. The zero-order chi connectivity index (χ0) is 21.4. The Morgan fingerprint density at radius 2 is 1.69 bits per heavy atom. The van der Waals surface area contributed by atoms with Crippen LogP contribution < -0.4 is 4.31 Å². The summed E-state index contributed by atoms with van der Waals surface area (Å²) >= 11 is 6.13. The number of halogens is 4. The molecular formula is C20H15ClF3N2O2S. The van der Waals surface area contributed by atoms with E-state index in [0.29, 0.717) is 15.9 Å². The number of pyridine rings is 1. The van der Waals surface area contributed by atoms with Crippen molar-refractivity contribution < 1.29 is 21.6 Å². The molecule has 3 aromatic rings. The van der Waals surface area contributed by atoms with Crippen LogP contribution in [-0.4, -0.2) is 13.4 Å². The van der Waals surface area contributed by atoms with Gasteiger partial charge in [0.2, 0.25) is 0 Å². The van der Waals surface area contributed by atoms with Gasteiger partial charge in [-0.05, 0) is 61.9 Å². The van der Waals surface area contributed by atoms with Gasteiger partial charge in [0, 0.05) is 6.20 Å². The summed E-state index contributed by atoms with van der Waals surface area (Å²) in [4.78, 5) is 3.91. The van der Waals surface area contributed by atoms with Gasteiger partial charge < -0.3 is 0 Å².